The van der Waals surface area contributed by atoms with Crippen LogP contribution in [0.15, 0.2) is 30.7 Å². The van der Waals surface area contributed by atoms with E-state index >= 15 is 0 Å². The van der Waals surface area contributed by atoms with E-state index in [9.17, 15) is 0 Å². The minimum Gasteiger partial charge on any atom is -0.349 e. The lowest BCUT2D eigenvalue weighted by atomic mass is 10.3. The molecule has 50 valence electrons. The molecule has 0 amide bonds. The lowest BCUT2D eigenvalue weighted by Crippen LogP contribution is -1.83. The maximum Gasteiger partial charge on any atom is 0.0664 e. The van der Waals surface area contributed by atoms with Crippen molar-refractivity contribution in [1.82, 2.24) is 9.55 Å². The van der Waals surface area contributed by atoms with Crippen LogP contribution in [-0.4, -0.2) is 9.55 Å². The highest BCUT2D eigenvalue weighted by Gasteiger charge is 1.93. The summed E-state index contributed by atoms with van der Waals surface area (Å²) in [6.07, 6.45) is 5.71. The molecule has 0 N–H and O–H groups in total. The first-order valence-corrected chi connectivity index (χ1v) is 3.23. The summed E-state index contributed by atoms with van der Waals surface area (Å²) in [5, 5.41) is 1.25. The molecule has 0 radical (unpaired) electrons. The molecule has 0 fully saturated rings. The third-order valence-electron chi connectivity index (χ3n) is 1.69. The van der Waals surface area contributed by atoms with Crippen LogP contribution in [0.25, 0.3) is 10.9 Å². The molecular weight excluding hydrogens is 124 g/mol. The molecule has 2 heteroatoms. The van der Waals surface area contributed by atoms with Gasteiger partial charge in [-0.15, -0.1) is 0 Å². The van der Waals surface area contributed by atoms with Gasteiger partial charge in [-0.05, 0) is 12.1 Å². The number of fused-ring (bicyclic) bond motifs is 1. The molecule has 0 aromatic carbocycles. The van der Waals surface area contributed by atoms with Crippen molar-refractivity contribution < 1.29 is 0 Å². The van der Waals surface area contributed by atoms with E-state index in [4.69, 9.17) is 0 Å². The predicted octanol–water partition coefficient (Wildman–Crippen LogP) is 1.57. The highest BCUT2D eigenvalue weighted by atomic mass is 14.9. The minimum absolute atomic E-state index is 1.18. The summed E-state index contributed by atoms with van der Waals surface area (Å²) in [6.45, 7) is 0. The SMILES string of the molecule is Cn1ccc2ccncc21. The topological polar surface area (TPSA) is 17.8 Å². The molecular formula is C8H8N2. The van der Waals surface area contributed by atoms with Crippen molar-refractivity contribution >= 4 is 10.9 Å². The van der Waals surface area contributed by atoms with Crippen molar-refractivity contribution in [3.05, 3.63) is 30.7 Å². The van der Waals surface area contributed by atoms with E-state index in [-0.39, 0.29) is 0 Å². The van der Waals surface area contributed by atoms with Crippen LogP contribution in [0, 0.1) is 0 Å². The van der Waals surface area contributed by atoms with Crippen LogP contribution in [0.5, 0.6) is 0 Å². The average molecular weight is 132 g/mol. The Kier molecular flexibility index (Phi) is 1.01. The van der Waals surface area contributed by atoms with E-state index in [1.54, 1.807) is 0 Å². The molecule has 0 saturated carbocycles. The fourth-order valence-electron chi connectivity index (χ4n) is 1.10. The smallest absolute Gasteiger partial charge is 0.0664 e. The van der Waals surface area contributed by atoms with Crippen LogP contribution in [0.2, 0.25) is 0 Å². The van der Waals surface area contributed by atoms with Crippen LogP contribution in [0.1, 0.15) is 0 Å². The molecule has 2 heterocycles. The summed E-state index contributed by atoms with van der Waals surface area (Å²) in [7, 11) is 2.02. The zero-order valence-electron chi connectivity index (χ0n) is 5.78. The van der Waals surface area contributed by atoms with Gasteiger partial charge >= 0.3 is 0 Å². The molecule has 0 saturated heterocycles. The van der Waals surface area contributed by atoms with E-state index < -0.39 is 0 Å². The molecule has 10 heavy (non-hydrogen) atoms. The standard InChI is InChI=1S/C8H8N2/c1-10-5-3-7-2-4-9-6-8(7)10/h2-6H,1H3. The third-order valence-corrected chi connectivity index (χ3v) is 1.69. The Balaban J connectivity index is 2.93. The maximum atomic E-state index is 4.03. The fourth-order valence-corrected chi connectivity index (χ4v) is 1.10. The molecule has 0 aliphatic heterocycles. The lowest BCUT2D eigenvalue weighted by Gasteiger charge is -1.91. The van der Waals surface area contributed by atoms with Crippen LogP contribution < -0.4 is 0 Å². The van der Waals surface area contributed by atoms with Gasteiger partial charge in [-0.1, -0.05) is 0 Å². The number of aromatic nitrogens is 2. The number of nitrogens with zero attached hydrogens (tertiary/aromatic N) is 2. The van der Waals surface area contributed by atoms with Crippen LogP contribution >= 0.6 is 0 Å². The van der Waals surface area contributed by atoms with Gasteiger partial charge in [0.25, 0.3) is 0 Å². The molecule has 0 aliphatic carbocycles. The third kappa shape index (κ3) is 0.620. The summed E-state index contributed by atoms with van der Waals surface area (Å²) in [5.74, 6) is 0. The van der Waals surface area contributed by atoms with Gasteiger partial charge in [0.15, 0.2) is 0 Å². The molecule has 2 rings (SSSR count). The predicted molar refractivity (Wildman–Crippen MR) is 40.7 cm³/mol. The Hall–Kier alpha value is -1.31. The second-order valence-corrected chi connectivity index (χ2v) is 2.36. The summed E-state index contributed by atoms with van der Waals surface area (Å²) < 4.78 is 2.06. The number of aryl methyl sites for hydroxylation is 1. The number of hydrogen-bond donors (Lipinski definition) is 0. The molecule has 0 bridgehead atoms. The summed E-state index contributed by atoms with van der Waals surface area (Å²) in [5.41, 5.74) is 1.18. The molecule has 0 aliphatic rings. The molecule has 0 atom stereocenters. The maximum absolute atomic E-state index is 4.03. The van der Waals surface area contributed by atoms with Crippen molar-refractivity contribution in [2.75, 3.05) is 0 Å². The van der Waals surface area contributed by atoms with Crippen molar-refractivity contribution in [1.29, 1.82) is 0 Å². The Morgan fingerprint density at radius 3 is 3.10 bits per heavy atom. The van der Waals surface area contributed by atoms with Crippen molar-refractivity contribution in [3.63, 3.8) is 0 Å². The number of rotatable bonds is 0. The lowest BCUT2D eigenvalue weighted by molar-refractivity contribution is 0.965. The fraction of sp³-hybridized carbons (Fsp3) is 0.125. The van der Waals surface area contributed by atoms with Gasteiger partial charge in [-0.3, -0.25) is 4.98 Å². The van der Waals surface area contributed by atoms with Gasteiger partial charge in [0.1, 0.15) is 0 Å². The second-order valence-electron chi connectivity index (χ2n) is 2.36. The van der Waals surface area contributed by atoms with Crippen molar-refractivity contribution in [2.45, 2.75) is 0 Å². The van der Waals surface area contributed by atoms with E-state index in [1.807, 2.05) is 31.7 Å². The first kappa shape index (κ1) is 5.47. The van der Waals surface area contributed by atoms with Gasteiger partial charge in [0, 0.05) is 24.8 Å². The number of hydrogen-bond acceptors (Lipinski definition) is 1. The molecule has 2 aromatic heterocycles. The highest BCUT2D eigenvalue weighted by molar-refractivity contribution is 5.78. The Labute approximate surface area is 59.1 Å². The second kappa shape index (κ2) is 1.84. The van der Waals surface area contributed by atoms with Gasteiger partial charge in [0.05, 0.1) is 11.7 Å². The van der Waals surface area contributed by atoms with E-state index in [0.29, 0.717) is 0 Å². The largest absolute Gasteiger partial charge is 0.349 e. The normalized spacial score (nSPS) is 10.5. The first-order valence-electron chi connectivity index (χ1n) is 3.23. The van der Waals surface area contributed by atoms with Gasteiger partial charge in [-0.25, -0.2) is 0 Å². The van der Waals surface area contributed by atoms with E-state index in [0.717, 1.165) is 0 Å². The van der Waals surface area contributed by atoms with Gasteiger partial charge in [-0.2, -0.15) is 0 Å². The van der Waals surface area contributed by atoms with Crippen LogP contribution in [0.4, 0.5) is 0 Å². The number of pyridine rings is 1. The Morgan fingerprint density at radius 1 is 1.40 bits per heavy atom. The summed E-state index contributed by atoms with van der Waals surface area (Å²) in [6, 6.07) is 4.09. The zero-order valence-corrected chi connectivity index (χ0v) is 5.78. The van der Waals surface area contributed by atoms with Gasteiger partial charge < -0.3 is 4.57 Å². The highest BCUT2D eigenvalue weighted by Crippen LogP contribution is 2.10. The Bertz CT molecular complexity index is 349. The monoisotopic (exact) mass is 132 g/mol. The van der Waals surface area contributed by atoms with E-state index in [1.165, 1.54) is 10.9 Å². The molecule has 0 spiro atoms. The molecule has 2 nitrogen and oxygen atoms in total. The van der Waals surface area contributed by atoms with Crippen molar-refractivity contribution in [2.24, 2.45) is 7.05 Å². The zero-order chi connectivity index (χ0) is 6.97. The average Bonchev–Trinajstić information content (AvgIpc) is 2.34. The minimum atomic E-state index is 1.18. The quantitative estimate of drug-likeness (QED) is 0.532. The first-order chi connectivity index (χ1) is 4.88. The van der Waals surface area contributed by atoms with Gasteiger partial charge in [0.2, 0.25) is 0 Å². The Morgan fingerprint density at radius 2 is 2.30 bits per heavy atom. The van der Waals surface area contributed by atoms with E-state index in [2.05, 4.69) is 15.6 Å². The summed E-state index contributed by atoms with van der Waals surface area (Å²) >= 11 is 0. The van der Waals surface area contributed by atoms with Crippen LogP contribution in [-0.2, 0) is 7.05 Å². The van der Waals surface area contributed by atoms with Crippen molar-refractivity contribution in [3.8, 4) is 0 Å². The molecule has 0 unspecified atom stereocenters. The molecule has 2 aromatic rings. The van der Waals surface area contributed by atoms with Crippen LogP contribution in [0.3, 0.4) is 0 Å². The summed E-state index contributed by atoms with van der Waals surface area (Å²) in [4.78, 5) is 4.03.